The van der Waals surface area contributed by atoms with Crippen molar-refractivity contribution in [2.75, 3.05) is 0 Å². The Bertz CT molecular complexity index is 1180. The summed E-state index contributed by atoms with van der Waals surface area (Å²) >= 11 is 3.44. The van der Waals surface area contributed by atoms with Gasteiger partial charge in [-0.05, 0) is 48.9 Å². The molecule has 0 saturated carbocycles. The molecular formula is C24H19BrN4. The second-order valence-corrected chi connectivity index (χ2v) is 7.52. The van der Waals surface area contributed by atoms with Crippen LogP contribution in [0.4, 0.5) is 5.69 Å². The van der Waals surface area contributed by atoms with Gasteiger partial charge >= 0.3 is 0 Å². The van der Waals surface area contributed by atoms with Gasteiger partial charge in [0.25, 0.3) is 0 Å². The van der Waals surface area contributed by atoms with Crippen molar-refractivity contribution >= 4 is 44.6 Å². The number of amidine groups is 1. The number of benzene rings is 3. The molecule has 0 bridgehead atoms. The minimum Gasteiger partial charge on any atom is -0.260 e. The minimum atomic E-state index is 0.591. The van der Waals surface area contributed by atoms with E-state index in [1.165, 1.54) is 5.56 Å². The molecule has 0 amide bonds. The zero-order chi connectivity index (χ0) is 20.1. The smallest absolute Gasteiger partial charge is 0.173 e. The Morgan fingerprint density at radius 2 is 1.66 bits per heavy atom. The SMILES string of the molecule is Cc1ccc(N=C(NN=Cc2ccc(Br)cc2)c2ccc3ccccc3n2)cc1. The fourth-order valence-corrected chi connectivity index (χ4v) is 3.07. The van der Waals surface area contributed by atoms with Crippen LogP contribution in [0.15, 0.2) is 99.5 Å². The molecule has 0 saturated heterocycles. The van der Waals surface area contributed by atoms with E-state index in [-0.39, 0.29) is 0 Å². The van der Waals surface area contributed by atoms with Gasteiger partial charge in [-0.3, -0.25) is 5.43 Å². The predicted molar refractivity (Wildman–Crippen MR) is 124 cm³/mol. The lowest BCUT2D eigenvalue weighted by Gasteiger charge is -2.07. The number of hydrogen-bond donors (Lipinski definition) is 1. The van der Waals surface area contributed by atoms with Crippen molar-refractivity contribution in [3.8, 4) is 0 Å². The van der Waals surface area contributed by atoms with Gasteiger partial charge in [0, 0.05) is 9.86 Å². The Morgan fingerprint density at radius 3 is 2.45 bits per heavy atom. The summed E-state index contributed by atoms with van der Waals surface area (Å²) in [5.74, 6) is 0.591. The van der Waals surface area contributed by atoms with Crippen LogP contribution in [-0.2, 0) is 0 Å². The van der Waals surface area contributed by atoms with Crippen molar-refractivity contribution in [2.45, 2.75) is 6.92 Å². The van der Waals surface area contributed by atoms with E-state index in [9.17, 15) is 0 Å². The Labute approximate surface area is 178 Å². The number of aryl methyl sites for hydroxylation is 1. The van der Waals surface area contributed by atoms with E-state index in [0.29, 0.717) is 5.84 Å². The molecule has 29 heavy (non-hydrogen) atoms. The van der Waals surface area contributed by atoms with Gasteiger partial charge in [0.05, 0.1) is 17.4 Å². The molecule has 1 N–H and O–H groups in total. The van der Waals surface area contributed by atoms with E-state index < -0.39 is 0 Å². The lowest BCUT2D eigenvalue weighted by molar-refractivity contribution is 1.02. The lowest BCUT2D eigenvalue weighted by atomic mass is 10.2. The van der Waals surface area contributed by atoms with Crippen molar-refractivity contribution in [3.05, 3.63) is 106 Å². The maximum absolute atomic E-state index is 4.75. The molecule has 0 aliphatic carbocycles. The van der Waals surface area contributed by atoms with Gasteiger partial charge < -0.3 is 0 Å². The molecule has 0 radical (unpaired) electrons. The van der Waals surface area contributed by atoms with Gasteiger partial charge in [-0.15, -0.1) is 0 Å². The molecule has 0 aliphatic rings. The van der Waals surface area contributed by atoms with Gasteiger partial charge in [0.15, 0.2) is 5.84 Å². The van der Waals surface area contributed by atoms with Crippen LogP contribution in [0.2, 0.25) is 0 Å². The first-order chi connectivity index (χ1) is 14.2. The van der Waals surface area contributed by atoms with E-state index in [4.69, 9.17) is 9.98 Å². The third-order valence-corrected chi connectivity index (χ3v) is 4.90. The predicted octanol–water partition coefficient (Wildman–Crippen LogP) is 6.01. The van der Waals surface area contributed by atoms with Crippen molar-refractivity contribution in [2.24, 2.45) is 10.1 Å². The average Bonchev–Trinajstić information content (AvgIpc) is 2.75. The second kappa shape index (κ2) is 8.80. The average molecular weight is 443 g/mol. The highest BCUT2D eigenvalue weighted by Crippen LogP contribution is 2.16. The van der Waals surface area contributed by atoms with Gasteiger partial charge in [0.2, 0.25) is 0 Å². The summed E-state index contributed by atoms with van der Waals surface area (Å²) in [6, 6.07) is 28.0. The molecule has 4 rings (SSSR count). The molecule has 0 atom stereocenters. The monoisotopic (exact) mass is 442 g/mol. The van der Waals surface area contributed by atoms with Gasteiger partial charge in [-0.25, -0.2) is 9.98 Å². The zero-order valence-corrected chi connectivity index (χ0v) is 17.5. The summed E-state index contributed by atoms with van der Waals surface area (Å²) in [5, 5.41) is 5.47. The number of para-hydroxylation sites is 1. The highest BCUT2D eigenvalue weighted by Gasteiger charge is 2.06. The van der Waals surface area contributed by atoms with Crippen molar-refractivity contribution in [1.82, 2.24) is 10.4 Å². The summed E-state index contributed by atoms with van der Waals surface area (Å²) in [6.07, 6.45) is 1.76. The fourth-order valence-electron chi connectivity index (χ4n) is 2.80. The molecule has 0 aliphatic heterocycles. The van der Waals surface area contributed by atoms with E-state index >= 15 is 0 Å². The molecule has 1 aromatic heterocycles. The summed E-state index contributed by atoms with van der Waals surface area (Å²) in [7, 11) is 0. The lowest BCUT2D eigenvalue weighted by Crippen LogP contribution is -2.20. The number of halogens is 1. The first kappa shape index (κ1) is 19.0. The molecule has 5 heteroatoms. The summed E-state index contributed by atoms with van der Waals surface area (Å²) in [6.45, 7) is 2.06. The third-order valence-electron chi connectivity index (χ3n) is 4.37. The van der Waals surface area contributed by atoms with Crippen molar-refractivity contribution in [3.63, 3.8) is 0 Å². The first-order valence-electron chi connectivity index (χ1n) is 9.23. The zero-order valence-electron chi connectivity index (χ0n) is 15.9. The quantitative estimate of drug-likeness (QED) is 0.239. The van der Waals surface area contributed by atoms with E-state index in [1.54, 1.807) is 6.21 Å². The van der Waals surface area contributed by atoms with E-state index in [2.05, 4.69) is 33.4 Å². The number of hydrogen-bond acceptors (Lipinski definition) is 3. The van der Waals surface area contributed by atoms with Gasteiger partial charge in [0.1, 0.15) is 5.69 Å². The molecule has 0 spiro atoms. The highest BCUT2D eigenvalue weighted by atomic mass is 79.9. The van der Waals surface area contributed by atoms with E-state index in [0.717, 1.165) is 32.3 Å². The van der Waals surface area contributed by atoms with Crippen LogP contribution in [0.3, 0.4) is 0 Å². The van der Waals surface area contributed by atoms with Crippen LogP contribution < -0.4 is 5.43 Å². The number of pyridine rings is 1. The Kier molecular flexibility index (Phi) is 5.77. The van der Waals surface area contributed by atoms with E-state index in [1.807, 2.05) is 84.9 Å². The topological polar surface area (TPSA) is 49.6 Å². The summed E-state index contributed by atoms with van der Waals surface area (Å²) in [5.41, 5.74) is 7.74. The Hall–Kier alpha value is -3.31. The number of rotatable bonds is 4. The number of fused-ring (bicyclic) bond motifs is 1. The van der Waals surface area contributed by atoms with Gasteiger partial charge in [-0.2, -0.15) is 5.10 Å². The largest absolute Gasteiger partial charge is 0.260 e. The Balaban J connectivity index is 1.67. The van der Waals surface area contributed by atoms with Gasteiger partial charge in [-0.1, -0.05) is 70.0 Å². The van der Waals surface area contributed by atoms with Crippen molar-refractivity contribution in [1.29, 1.82) is 0 Å². The summed E-state index contributed by atoms with van der Waals surface area (Å²) < 4.78 is 1.03. The summed E-state index contributed by atoms with van der Waals surface area (Å²) in [4.78, 5) is 9.50. The first-order valence-corrected chi connectivity index (χ1v) is 10.0. The number of hydrazone groups is 1. The fraction of sp³-hybridized carbons (Fsp3) is 0.0417. The molecule has 4 nitrogen and oxygen atoms in total. The van der Waals surface area contributed by atoms with Crippen LogP contribution in [0.1, 0.15) is 16.8 Å². The standard InChI is InChI=1S/C24H19BrN4/c1-17-6-13-21(14-7-17)27-24(29-26-16-18-8-11-20(25)12-9-18)23-15-10-19-4-2-3-5-22(19)28-23/h2-16H,1H3,(H,27,29). The normalized spacial score (nSPS) is 11.9. The van der Waals surface area contributed by atoms with Crippen LogP contribution >= 0.6 is 15.9 Å². The molecule has 1 heterocycles. The highest BCUT2D eigenvalue weighted by molar-refractivity contribution is 9.10. The molecule has 0 unspecified atom stereocenters. The Morgan fingerprint density at radius 1 is 0.897 bits per heavy atom. The number of nitrogens with zero attached hydrogens (tertiary/aromatic N) is 3. The van der Waals surface area contributed by atoms with Crippen LogP contribution in [-0.4, -0.2) is 17.0 Å². The molecule has 3 aromatic carbocycles. The van der Waals surface area contributed by atoms with Crippen molar-refractivity contribution < 1.29 is 0 Å². The molecule has 4 aromatic rings. The number of aromatic nitrogens is 1. The van der Waals surface area contributed by atoms with Crippen LogP contribution in [0, 0.1) is 6.92 Å². The maximum Gasteiger partial charge on any atom is 0.173 e. The second-order valence-electron chi connectivity index (χ2n) is 6.61. The number of aliphatic imine (C=N–C) groups is 1. The van der Waals surface area contributed by atoms with Crippen LogP contribution in [0.5, 0.6) is 0 Å². The maximum atomic E-state index is 4.75. The molecule has 0 fully saturated rings. The molecule has 142 valence electrons. The minimum absolute atomic E-state index is 0.591. The third kappa shape index (κ3) is 4.95. The van der Waals surface area contributed by atoms with Crippen LogP contribution in [0.25, 0.3) is 10.9 Å². The number of nitrogens with one attached hydrogen (secondary N) is 1. The molecular weight excluding hydrogens is 424 g/mol.